The van der Waals surface area contributed by atoms with Crippen molar-refractivity contribution in [1.82, 2.24) is 4.98 Å². The first kappa shape index (κ1) is 6.49. The Morgan fingerprint density at radius 1 is 1.27 bits per heavy atom. The molecule has 1 aromatic rings. The minimum absolute atomic E-state index is 1.00. The Kier molecular flexibility index (Phi) is 1.65. The van der Waals surface area contributed by atoms with E-state index in [-0.39, 0.29) is 0 Å². The van der Waals surface area contributed by atoms with Crippen molar-refractivity contribution in [3.8, 4) is 0 Å². The van der Waals surface area contributed by atoms with Gasteiger partial charge in [0.2, 0.25) is 0 Å². The van der Waals surface area contributed by atoms with Gasteiger partial charge in [-0.25, -0.2) is 4.98 Å². The van der Waals surface area contributed by atoms with Gasteiger partial charge in [0, 0.05) is 12.4 Å². The van der Waals surface area contributed by atoms with Crippen LogP contribution in [0, 0.1) is 0 Å². The summed E-state index contributed by atoms with van der Waals surface area (Å²) in [6.07, 6.45) is 9.40. The number of hydrogen-bond acceptors (Lipinski definition) is 3. The van der Waals surface area contributed by atoms with E-state index in [2.05, 4.69) is 9.98 Å². The third-order valence-corrected chi connectivity index (χ3v) is 2.13. The Morgan fingerprint density at radius 3 is 3.27 bits per heavy atom. The zero-order chi connectivity index (χ0) is 7.52. The minimum atomic E-state index is 1.00. The van der Waals surface area contributed by atoms with Crippen molar-refractivity contribution in [2.24, 2.45) is 4.99 Å². The van der Waals surface area contributed by atoms with Gasteiger partial charge in [-0.1, -0.05) is 6.08 Å². The van der Waals surface area contributed by atoms with Crippen LogP contribution in [0.3, 0.4) is 0 Å². The maximum Gasteiger partial charge on any atom is 0.0827 e. The first-order valence-corrected chi connectivity index (χ1v) is 4.15. The maximum atomic E-state index is 4.16. The number of nitrogens with zero attached hydrogens (tertiary/aromatic N) is 2. The van der Waals surface area contributed by atoms with Crippen LogP contribution in [0.2, 0.25) is 0 Å². The van der Waals surface area contributed by atoms with Crippen molar-refractivity contribution in [2.45, 2.75) is 0 Å². The molecule has 1 aliphatic rings. The molecule has 2 rings (SSSR count). The highest BCUT2D eigenvalue weighted by Crippen LogP contribution is 2.13. The molecule has 2 heterocycles. The summed E-state index contributed by atoms with van der Waals surface area (Å²) in [7, 11) is 0. The lowest BCUT2D eigenvalue weighted by molar-refractivity contribution is 1.37. The van der Waals surface area contributed by atoms with E-state index in [0.717, 1.165) is 10.6 Å². The Hall–Kier alpha value is -1.22. The van der Waals surface area contributed by atoms with E-state index in [1.54, 1.807) is 17.5 Å². The van der Waals surface area contributed by atoms with Crippen LogP contribution in [-0.2, 0) is 0 Å². The van der Waals surface area contributed by atoms with E-state index >= 15 is 0 Å². The second kappa shape index (κ2) is 2.80. The summed E-state index contributed by atoms with van der Waals surface area (Å²) in [6.45, 7) is 0. The van der Waals surface area contributed by atoms with Gasteiger partial charge in [-0.3, -0.25) is 4.99 Å². The van der Waals surface area contributed by atoms with Crippen molar-refractivity contribution in [3.63, 3.8) is 0 Å². The standard InChI is InChI=1S/C8H6N2S/c1-2-4-9-5-8-7(3-1)10-6-11-8/h1-6H/b2-1?,3-1+,4-2+,7-3?,8-5?,9-4?,9-5?. The van der Waals surface area contributed by atoms with Gasteiger partial charge in [0.05, 0.1) is 16.1 Å². The predicted molar refractivity (Wildman–Crippen MR) is 47.9 cm³/mol. The molecule has 0 aliphatic carbocycles. The van der Waals surface area contributed by atoms with Crippen LogP contribution < -0.4 is 0 Å². The second-order valence-electron chi connectivity index (χ2n) is 2.08. The average Bonchev–Trinajstić information content (AvgIpc) is 2.35. The van der Waals surface area contributed by atoms with Crippen molar-refractivity contribution in [1.29, 1.82) is 0 Å². The third kappa shape index (κ3) is 1.28. The fourth-order valence-electron chi connectivity index (χ4n) is 0.842. The molecule has 0 amide bonds. The first-order chi connectivity index (χ1) is 5.47. The average molecular weight is 162 g/mol. The summed E-state index contributed by atoms with van der Waals surface area (Å²) in [4.78, 5) is 9.34. The molecule has 0 bridgehead atoms. The monoisotopic (exact) mass is 162 g/mol. The number of aromatic nitrogens is 1. The Balaban J connectivity index is 2.52. The topological polar surface area (TPSA) is 25.2 Å². The molecule has 54 valence electrons. The Bertz CT molecular complexity index is 303. The van der Waals surface area contributed by atoms with Gasteiger partial charge in [0.1, 0.15) is 0 Å². The fraction of sp³-hybridized carbons (Fsp3) is 0. The summed E-state index contributed by atoms with van der Waals surface area (Å²) in [5, 5.41) is 0. The van der Waals surface area contributed by atoms with Crippen LogP contribution in [0.4, 0.5) is 0 Å². The zero-order valence-corrected chi connectivity index (χ0v) is 6.58. The Labute approximate surface area is 68.6 Å². The molecule has 0 radical (unpaired) electrons. The number of rotatable bonds is 0. The molecule has 0 atom stereocenters. The molecule has 3 heteroatoms. The second-order valence-corrected chi connectivity index (χ2v) is 2.97. The van der Waals surface area contributed by atoms with Crippen molar-refractivity contribution >= 4 is 23.6 Å². The molecular formula is C8H6N2S. The van der Waals surface area contributed by atoms with Crippen LogP contribution in [0.15, 0.2) is 28.9 Å². The minimum Gasteiger partial charge on any atom is -0.263 e. The quantitative estimate of drug-likeness (QED) is 0.573. The lowest BCUT2D eigenvalue weighted by Gasteiger charge is -1.89. The van der Waals surface area contributed by atoms with E-state index in [1.165, 1.54) is 0 Å². The molecule has 0 unspecified atom stereocenters. The molecule has 0 aromatic carbocycles. The van der Waals surface area contributed by atoms with Crippen molar-refractivity contribution in [3.05, 3.63) is 34.4 Å². The van der Waals surface area contributed by atoms with Crippen LogP contribution in [0.25, 0.3) is 6.08 Å². The third-order valence-electron chi connectivity index (χ3n) is 1.35. The van der Waals surface area contributed by atoms with Gasteiger partial charge in [-0.15, -0.1) is 11.3 Å². The van der Waals surface area contributed by atoms with Crippen LogP contribution in [0.1, 0.15) is 10.6 Å². The van der Waals surface area contributed by atoms with Crippen LogP contribution in [-0.4, -0.2) is 11.2 Å². The van der Waals surface area contributed by atoms with E-state index in [1.807, 2.05) is 30.0 Å². The SMILES string of the molecule is C1=N/C=C/C=C/c2ncsc21. The van der Waals surface area contributed by atoms with Crippen molar-refractivity contribution in [2.75, 3.05) is 0 Å². The summed E-state index contributed by atoms with van der Waals surface area (Å²) in [5.74, 6) is 0. The molecule has 11 heavy (non-hydrogen) atoms. The number of fused-ring (bicyclic) bond motifs is 1. The molecule has 1 aliphatic heterocycles. The maximum absolute atomic E-state index is 4.16. The van der Waals surface area contributed by atoms with E-state index < -0.39 is 0 Å². The molecule has 0 fully saturated rings. The van der Waals surface area contributed by atoms with Crippen molar-refractivity contribution < 1.29 is 0 Å². The summed E-state index contributed by atoms with van der Waals surface area (Å²) in [5.41, 5.74) is 2.83. The van der Waals surface area contributed by atoms with E-state index in [0.29, 0.717) is 0 Å². The normalized spacial score (nSPS) is 20.0. The molecule has 0 spiro atoms. The lowest BCUT2D eigenvalue weighted by atomic mass is 10.3. The van der Waals surface area contributed by atoms with Gasteiger partial charge in [-0.2, -0.15) is 0 Å². The zero-order valence-electron chi connectivity index (χ0n) is 5.77. The molecule has 0 saturated heterocycles. The van der Waals surface area contributed by atoms with Crippen LogP contribution in [0.5, 0.6) is 0 Å². The lowest BCUT2D eigenvalue weighted by Crippen LogP contribution is -1.81. The van der Waals surface area contributed by atoms with Gasteiger partial charge in [0.25, 0.3) is 0 Å². The largest absolute Gasteiger partial charge is 0.263 e. The number of aliphatic imine (C=N–C) groups is 1. The van der Waals surface area contributed by atoms with Gasteiger partial charge < -0.3 is 0 Å². The highest BCUT2D eigenvalue weighted by atomic mass is 32.1. The summed E-state index contributed by atoms with van der Waals surface area (Å²) < 4.78 is 0. The molecule has 0 N–H and O–H groups in total. The van der Waals surface area contributed by atoms with E-state index in [9.17, 15) is 0 Å². The molecule has 0 saturated carbocycles. The smallest absolute Gasteiger partial charge is 0.0827 e. The van der Waals surface area contributed by atoms with Gasteiger partial charge >= 0.3 is 0 Å². The summed E-state index contributed by atoms with van der Waals surface area (Å²) in [6, 6.07) is 0. The van der Waals surface area contributed by atoms with Crippen LogP contribution >= 0.6 is 11.3 Å². The molecular weight excluding hydrogens is 156 g/mol. The number of allylic oxidation sites excluding steroid dienone is 2. The summed E-state index contributed by atoms with van der Waals surface area (Å²) >= 11 is 1.60. The van der Waals surface area contributed by atoms with Gasteiger partial charge in [-0.05, 0) is 12.2 Å². The highest BCUT2D eigenvalue weighted by Gasteiger charge is 1.98. The predicted octanol–water partition coefficient (Wildman–Crippen LogP) is 2.10. The molecule has 2 nitrogen and oxygen atoms in total. The number of thiazole rings is 1. The van der Waals surface area contributed by atoms with Gasteiger partial charge in [0.15, 0.2) is 0 Å². The Morgan fingerprint density at radius 2 is 2.27 bits per heavy atom. The van der Waals surface area contributed by atoms with E-state index in [4.69, 9.17) is 0 Å². The molecule has 1 aromatic heterocycles. The first-order valence-electron chi connectivity index (χ1n) is 3.27. The number of hydrogen-bond donors (Lipinski definition) is 0. The fourth-order valence-corrected chi connectivity index (χ4v) is 1.49. The highest BCUT2D eigenvalue weighted by molar-refractivity contribution is 7.11.